The molecule has 8 nitrogen and oxygen atoms in total. The number of hydrogen-bond acceptors (Lipinski definition) is 5. The predicted molar refractivity (Wildman–Crippen MR) is 113 cm³/mol. The Balaban J connectivity index is 1.69. The minimum atomic E-state index is -3.76. The van der Waals surface area contributed by atoms with Crippen molar-refractivity contribution in [3.05, 3.63) is 46.7 Å². The largest absolute Gasteiger partial charge is 0.438 e. The molecule has 2 amide bonds. The molecule has 2 aromatic rings. The van der Waals surface area contributed by atoms with Crippen LogP contribution in [-0.2, 0) is 10.0 Å². The molecule has 162 valence electrons. The summed E-state index contributed by atoms with van der Waals surface area (Å²) in [7, 11) is -3.76. The molecule has 0 spiro atoms. The van der Waals surface area contributed by atoms with Crippen molar-refractivity contribution < 1.29 is 22.4 Å². The van der Waals surface area contributed by atoms with Crippen LogP contribution >= 0.6 is 11.6 Å². The molecule has 1 aliphatic rings. The number of furan rings is 1. The van der Waals surface area contributed by atoms with E-state index in [1.807, 2.05) is 6.92 Å². The van der Waals surface area contributed by atoms with Crippen molar-refractivity contribution in [3.63, 3.8) is 0 Å². The van der Waals surface area contributed by atoms with Crippen molar-refractivity contribution in [1.29, 1.82) is 0 Å². The maximum atomic E-state index is 12.6. The van der Waals surface area contributed by atoms with Crippen LogP contribution in [0, 0.1) is 0 Å². The van der Waals surface area contributed by atoms with E-state index < -0.39 is 15.9 Å². The molecule has 0 atom stereocenters. The predicted octanol–water partition coefficient (Wildman–Crippen LogP) is 3.50. The van der Waals surface area contributed by atoms with Gasteiger partial charge in [0.25, 0.3) is 21.8 Å². The Morgan fingerprint density at radius 1 is 1.10 bits per heavy atom. The number of anilines is 1. The summed E-state index contributed by atoms with van der Waals surface area (Å²) in [5.41, 5.74) is 0.657. The van der Waals surface area contributed by atoms with Crippen LogP contribution < -0.4 is 10.6 Å². The molecule has 0 aliphatic carbocycles. The van der Waals surface area contributed by atoms with Crippen molar-refractivity contribution in [2.75, 3.05) is 25.0 Å². The van der Waals surface area contributed by atoms with E-state index in [9.17, 15) is 18.0 Å². The number of piperidine rings is 1. The maximum Gasteiger partial charge on any atom is 0.291 e. The molecule has 0 saturated carbocycles. The molecule has 0 unspecified atom stereocenters. The Bertz CT molecular complexity index is 1030. The Hall–Kier alpha value is -2.36. The zero-order valence-electron chi connectivity index (χ0n) is 16.6. The highest BCUT2D eigenvalue weighted by molar-refractivity contribution is 7.89. The number of carbonyl (C=O) groups excluding carboxylic acids is 2. The van der Waals surface area contributed by atoms with Crippen LogP contribution in [0.25, 0.3) is 0 Å². The Kier molecular flexibility index (Phi) is 7.17. The van der Waals surface area contributed by atoms with Crippen LogP contribution in [0.15, 0.2) is 39.8 Å². The first kappa shape index (κ1) is 22.3. The molecule has 1 fully saturated rings. The fourth-order valence-electron chi connectivity index (χ4n) is 3.12. The van der Waals surface area contributed by atoms with E-state index in [4.69, 9.17) is 16.0 Å². The minimum absolute atomic E-state index is 0.133. The summed E-state index contributed by atoms with van der Waals surface area (Å²) in [6.07, 6.45) is 3.41. The summed E-state index contributed by atoms with van der Waals surface area (Å²) in [5.74, 6) is -1.04. The molecule has 1 aromatic heterocycles. The lowest BCUT2D eigenvalue weighted by Crippen LogP contribution is -2.35. The van der Waals surface area contributed by atoms with Gasteiger partial charge in [-0.2, -0.15) is 4.31 Å². The van der Waals surface area contributed by atoms with Crippen molar-refractivity contribution in [1.82, 2.24) is 9.62 Å². The zero-order valence-corrected chi connectivity index (χ0v) is 18.2. The highest BCUT2D eigenvalue weighted by Gasteiger charge is 2.29. The lowest BCUT2D eigenvalue weighted by Gasteiger charge is -2.24. The van der Waals surface area contributed by atoms with Gasteiger partial charge in [0, 0.05) is 25.3 Å². The van der Waals surface area contributed by atoms with Gasteiger partial charge >= 0.3 is 0 Å². The quantitative estimate of drug-likeness (QED) is 0.666. The molecule has 1 aliphatic heterocycles. The molecule has 0 radical (unpaired) electrons. The molecule has 2 heterocycles. The van der Waals surface area contributed by atoms with Crippen molar-refractivity contribution >= 4 is 39.1 Å². The third-order valence-corrected chi connectivity index (χ3v) is 6.81. The summed E-state index contributed by atoms with van der Waals surface area (Å²) in [6, 6.07) is 7.11. The second-order valence-electron chi connectivity index (χ2n) is 6.99. The normalized spacial score (nSPS) is 15.0. The Labute approximate surface area is 180 Å². The average molecular weight is 454 g/mol. The van der Waals surface area contributed by atoms with E-state index in [2.05, 4.69) is 10.6 Å². The fourth-order valence-corrected chi connectivity index (χ4v) is 4.81. The first-order valence-corrected chi connectivity index (χ1v) is 11.6. The number of sulfonamides is 1. The molecular formula is C20H24ClN3O5S. The van der Waals surface area contributed by atoms with Gasteiger partial charge in [0.2, 0.25) is 5.09 Å². The Morgan fingerprint density at radius 2 is 1.83 bits per heavy atom. The van der Waals surface area contributed by atoms with Gasteiger partial charge in [-0.05, 0) is 49.6 Å². The first-order valence-electron chi connectivity index (χ1n) is 9.82. The van der Waals surface area contributed by atoms with Crippen LogP contribution in [0.2, 0.25) is 5.02 Å². The number of nitrogens with zero attached hydrogens (tertiary/aromatic N) is 1. The molecule has 0 bridgehead atoms. The number of amides is 2. The van der Waals surface area contributed by atoms with Gasteiger partial charge in [-0.15, -0.1) is 0 Å². The monoisotopic (exact) mass is 453 g/mol. The second-order valence-corrected chi connectivity index (χ2v) is 9.26. The zero-order chi connectivity index (χ0) is 21.7. The van der Waals surface area contributed by atoms with Gasteiger partial charge in [-0.3, -0.25) is 9.59 Å². The van der Waals surface area contributed by atoms with Gasteiger partial charge < -0.3 is 15.1 Å². The van der Waals surface area contributed by atoms with E-state index >= 15 is 0 Å². The molecule has 10 heteroatoms. The summed E-state index contributed by atoms with van der Waals surface area (Å²) in [5, 5.41) is 5.26. The topological polar surface area (TPSA) is 109 Å². The number of benzene rings is 1. The van der Waals surface area contributed by atoms with E-state index in [1.165, 1.54) is 28.6 Å². The molecule has 30 heavy (non-hydrogen) atoms. The van der Waals surface area contributed by atoms with E-state index in [1.54, 1.807) is 6.07 Å². The molecule has 1 saturated heterocycles. The SMILES string of the molecule is CCCNC(=O)c1ccc(NC(=O)c2ccc(S(=O)(=O)N3CCCCC3)o2)cc1Cl. The second kappa shape index (κ2) is 9.63. The van der Waals surface area contributed by atoms with Crippen molar-refractivity contribution in [2.24, 2.45) is 0 Å². The van der Waals surface area contributed by atoms with Crippen LogP contribution in [-0.4, -0.2) is 44.2 Å². The van der Waals surface area contributed by atoms with Crippen LogP contribution in [0.5, 0.6) is 0 Å². The lowest BCUT2D eigenvalue weighted by atomic mass is 10.2. The van der Waals surface area contributed by atoms with E-state index in [0.29, 0.717) is 30.9 Å². The number of nitrogens with one attached hydrogen (secondary N) is 2. The van der Waals surface area contributed by atoms with E-state index in [-0.39, 0.29) is 21.8 Å². The van der Waals surface area contributed by atoms with Crippen molar-refractivity contribution in [3.8, 4) is 0 Å². The summed E-state index contributed by atoms with van der Waals surface area (Å²) in [6.45, 7) is 3.37. The lowest BCUT2D eigenvalue weighted by molar-refractivity contribution is 0.0952. The first-order chi connectivity index (χ1) is 14.3. The molecule has 1 aromatic carbocycles. The summed E-state index contributed by atoms with van der Waals surface area (Å²) < 4.78 is 32.0. The minimum Gasteiger partial charge on any atom is -0.438 e. The number of halogens is 1. The van der Waals surface area contributed by atoms with E-state index in [0.717, 1.165) is 25.7 Å². The maximum absolute atomic E-state index is 12.6. The molecule has 3 rings (SSSR count). The molecular weight excluding hydrogens is 430 g/mol. The van der Waals surface area contributed by atoms with Gasteiger partial charge in [-0.25, -0.2) is 8.42 Å². The van der Waals surface area contributed by atoms with Crippen LogP contribution in [0.3, 0.4) is 0 Å². The standard InChI is InChI=1S/C20H24ClN3O5S/c1-2-10-22-19(25)15-7-6-14(13-16(15)21)23-20(26)17-8-9-18(29-17)30(27,28)24-11-4-3-5-12-24/h6-9,13H,2-5,10-12H2,1H3,(H,22,25)(H,23,26). The van der Waals surface area contributed by atoms with Crippen LogP contribution in [0.1, 0.15) is 53.5 Å². The highest BCUT2D eigenvalue weighted by Crippen LogP contribution is 2.24. The highest BCUT2D eigenvalue weighted by atomic mass is 35.5. The van der Waals surface area contributed by atoms with Gasteiger partial charge in [0.1, 0.15) is 0 Å². The van der Waals surface area contributed by atoms with Crippen molar-refractivity contribution in [2.45, 2.75) is 37.7 Å². The third-order valence-electron chi connectivity index (χ3n) is 4.72. The third kappa shape index (κ3) is 5.03. The Morgan fingerprint density at radius 3 is 2.50 bits per heavy atom. The van der Waals surface area contributed by atoms with Gasteiger partial charge in [0.05, 0.1) is 10.6 Å². The molecule has 2 N–H and O–H groups in total. The fraction of sp³-hybridized carbons (Fsp3) is 0.400. The number of carbonyl (C=O) groups is 2. The smallest absolute Gasteiger partial charge is 0.291 e. The summed E-state index contributed by atoms with van der Waals surface area (Å²) >= 11 is 6.16. The van der Waals surface area contributed by atoms with Gasteiger partial charge in [0.15, 0.2) is 5.76 Å². The average Bonchev–Trinajstić information content (AvgIpc) is 3.24. The number of hydrogen-bond donors (Lipinski definition) is 2. The number of rotatable bonds is 7. The summed E-state index contributed by atoms with van der Waals surface area (Å²) in [4.78, 5) is 24.5. The van der Waals surface area contributed by atoms with Crippen LogP contribution in [0.4, 0.5) is 5.69 Å². The van der Waals surface area contributed by atoms with Gasteiger partial charge in [-0.1, -0.05) is 24.9 Å².